The van der Waals surface area contributed by atoms with Crippen molar-refractivity contribution >= 4 is 39.9 Å². The number of nitrogens with zero attached hydrogens (tertiary/aromatic N) is 3. The Bertz CT molecular complexity index is 879. The van der Waals surface area contributed by atoms with E-state index >= 15 is 0 Å². The van der Waals surface area contributed by atoms with Gasteiger partial charge in [-0.25, -0.2) is 18.4 Å². The number of rotatable bonds is 7. The maximum Gasteiger partial charge on any atom is 0.498 e. The van der Waals surface area contributed by atoms with E-state index in [2.05, 4.69) is 9.97 Å². The number of sulfone groups is 1. The molecule has 2 saturated heterocycles. The fourth-order valence-corrected chi connectivity index (χ4v) is 5.18. The van der Waals surface area contributed by atoms with Gasteiger partial charge in [0, 0.05) is 30.9 Å². The first-order valence-electron chi connectivity index (χ1n) is 10.7. The second-order valence-corrected chi connectivity index (χ2v) is 11.6. The van der Waals surface area contributed by atoms with Crippen LogP contribution < -0.4 is 5.46 Å². The predicted octanol–water partition coefficient (Wildman–Crippen LogP) is 1.81. The average molecular weight is 472 g/mol. The third-order valence-corrected chi connectivity index (χ3v) is 8.29. The predicted molar refractivity (Wildman–Crippen MR) is 119 cm³/mol. The summed E-state index contributed by atoms with van der Waals surface area (Å²) in [5, 5.41) is -0.185. The molecule has 8 nitrogen and oxygen atoms in total. The number of hydrogen-bond donors (Lipinski definition) is 0. The second kappa shape index (κ2) is 9.33. The van der Waals surface area contributed by atoms with Gasteiger partial charge in [0.2, 0.25) is 20.9 Å². The van der Waals surface area contributed by atoms with E-state index in [-0.39, 0.29) is 22.7 Å². The number of hydrogen-bond acceptors (Lipinski definition) is 7. The topological polar surface area (TPSA) is 98.7 Å². The Morgan fingerprint density at radius 2 is 1.84 bits per heavy atom. The summed E-state index contributed by atoms with van der Waals surface area (Å²) in [5.41, 5.74) is -0.402. The summed E-state index contributed by atoms with van der Waals surface area (Å²) in [6.45, 7) is 9.16. The zero-order valence-corrected chi connectivity index (χ0v) is 20.2. The van der Waals surface area contributed by atoms with E-state index in [1.807, 2.05) is 27.7 Å². The third-order valence-electron chi connectivity index (χ3n) is 6.46. The van der Waals surface area contributed by atoms with Crippen LogP contribution in [0.1, 0.15) is 53.4 Å². The molecule has 1 amide bonds. The van der Waals surface area contributed by atoms with Crippen LogP contribution in [0.4, 0.5) is 0 Å². The van der Waals surface area contributed by atoms with E-state index in [4.69, 9.17) is 20.9 Å². The normalized spacial score (nSPS) is 23.2. The first-order valence-corrected chi connectivity index (χ1v) is 12.9. The van der Waals surface area contributed by atoms with Gasteiger partial charge in [0.05, 0.1) is 17.0 Å². The highest BCUT2D eigenvalue weighted by Crippen LogP contribution is 2.36. The minimum absolute atomic E-state index is 0.0135. The first-order chi connectivity index (χ1) is 14.4. The lowest BCUT2D eigenvalue weighted by molar-refractivity contribution is -0.130. The number of carbonyl (C=O) groups excluding carboxylic acids is 1. The van der Waals surface area contributed by atoms with Crippen molar-refractivity contribution in [1.29, 1.82) is 0 Å². The Morgan fingerprint density at radius 1 is 1.23 bits per heavy atom. The number of carbonyl (C=O) groups is 1. The highest BCUT2D eigenvalue weighted by atomic mass is 35.5. The largest absolute Gasteiger partial charge is 0.498 e. The summed E-state index contributed by atoms with van der Waals surface area (Å²) < 4.78 is 37.2. The van der Waals surface area contributed by atoms with Gasteiger partial charge >= 0.3 is 7.12 Å². The molecule has 0 spiro atoms. The van der Waals surface area contributed by atoms with Crippen LogP contribution in [0.25, 0.3) is 0 Å². The molecule has 2 aliphatic heterocycles. The van der Waals surface area contributed by atoms with Crippen LogP contribution in [-0.4, -0.2) is 72.2 Å². The van der Waals surface area contributed by atoms with Crippen molar-refractivity contribution < 1.29 is 22.5 Å². The van der Waals surface area contributed by atoms with Crippen LogP contribution in [0, 0.1) is 5.92 Å². The van der Waals surface area contributed by atoms with Gasteiger partial charge in [-0.3, -0.25) is 4.79 Å². The lowest BCUT2D eigenvalue weighted by atomic mass is 9.81. The molecule has 3 rings (SSSR count). The highest BCUT2D eigenvalue weighted by molar-refractivity contribution is 7.91. The molecule has 0 aliphatic carbocycles. The van der Waals surface area contributed by atoms with Crippen LogP contribution in [0.2, 0.25) is 0 Å². The molecule has 3 heterocycles. The molecular weight excluding hydrogens is 441 g/mol. The first kappa shape index (κ1) is 24.4. The quantitative estimate of drug-likeness (QED) is 0.340. The molecule has 2 aliphatic rings. The van der Waals surface area contributed by atoms with Crippen molar-refractivity contribution in [3.05, 3.63) is 12.4 Å². The average Bonchev–Trinajstić information content (AvgIpc) is 2.94. The Kier molecular flexibility index (Phi) is 7.35. The standard InChI is InChI=1S/C20H31BClN3O5S/c1-19(2)20(3,4)30-21(29-19)16-12-23-18(24-13-16)31(27,28)10-6-8-15-7-5-9-25(14-15)17(26)11-22/h12-13,15H,5-11,14H2,1-4H3/t15-/m0/s1. The summed E-state index contributed by atoms with van der Waals surface area (Å²) in [7, 11) is -4.22. The fourth-order valence-electron chi connectivity index (χ4n) is 3.85. The molecule has 0 radical (unpaired) electrons. The molecule has 0 saturated carbocycles. The summed E-state index contributed by atoms with van der Waals surface area (Å²) in [6.07, 6.45) is 6.06. The Hall–Kier alpha value is -1.23. The lowest BCUT2D eigenvalue weighted by Crippen LogP contribution is -2.41. The summed E-state index contributed by atoms with van der Waals surface area (Å²) in [4.78, 5) is 21.7. The van der Waals surface area contributed by atoms with E-state index in [0.29, 0.717) is 24.3 Å². The molecule has 11 heteroatoms. The Labute approximate surface area is 190 Å². The van der Waals surface area contributed by atoms with Crippen molar-refractivity contribution in [2.75, 3.05) is 24.7 Å². The minimum Gasteiger partial charge on any atom is -0.399 e. The molecule has 0 unspecified atom stereocenters. The van der Waals surface area contributed by atoms with Crippen LogP contribution in [0.15, 0.2) is 17.6 Å². The summed E-state index contributed by atoms with van der Waals surface area (Å²) in [6, 6.07) is 0. The fraction of sp³-hybridized carbons (Fsp3) is 0.750. The van der Waals surface area contributed by atoms with Gasteiger partial charge in [-0.1, -0.05) is 0 Å². The smallest absolute Gasteiger partial charge is 0.399 e. The second-order valence-electron chi connectivity index (χ2n) is 9.33. The number of aromatic nitrogens is 2. The number of alkyl halides is 1. The van der Waals surface area contributed by atoms with E-state index in [0.717, 1.165) is 25.8 Å². The van der Waals surface area contributed by atoms with Gasteiger partial charge in [0.1, 0.15) is 5.88 Å². The molecule has 0 N–H and O–H groups in total. The van der Waals surface area contributed by atoms with Crippen LogP contribution in [0.5, 0.6) is 0 Å². The van der Waals surface area contributed by atoms with Gasteiger partial charge in [0.25, 0.3) is 0 Å². The van der Waals surface area contributed by atoms with Crippen molar-refractivity contribution in [3.8, 4) is 0 Å². The van der Waals surface area contributed by atoms with Gasteiger partial charge in [-0.15, -0.1) is 11.6 Å². The molecule has 172 valence electrons. The van der Waals surface area contributed by atoms with Crippen molar-refractivity contribution in [2.45, 2.75) is 69.7 Å². The number of piperidine rings is 1. The van der Waals surface area contributed by atoms with Gasteiger partial charge in [0.15, 0.2) is 0 Å². The Morgan fingerprint density at radius 3 is 2.42 bits per heavy atom. The zero-order valence-electron chi connectivity index (χ0n) is 18.6. The van der Waals surface area contributed by atoms with Gasteiger partial charge in [-0.05, 0) is 59.3 Å². The highest BCUT2D eigenvalue weighted by Gasteiger charge is 2.52. The van der Waals surface area contributed by atoms with Crippen molar-refractivity contribution in [1.82, 2.24) is 14.9 Å². The molecular formula is C20H31BClN3O5S. The molecule has 31 heavy (non-hydrogen) atoms. The van der Waals surface area contributed by atoms with E-state index in [1.54, 1.807) is 4.90 Å². The van der Waals surface area contributed by atoms with E-state index in [1.165, 1.54) is 12.4 Å². The van der Waals surface area contributed by atoms with Gasteiger partial charge in [-0.2, -0.15) is 0 Å². The van der Waals surface area contributed by atoms with Crippen LogP contribution >= 0.6 is 11.6 Å². The van der Waals surface area contributed by atoms with E-state index < -0.39 is 28.2 Å². The maximum absolute atomic E-state index is 12.7. The monoisotopic (exact) mass is 471 g/mol. The lowest BCUT2D eigenvalue weighted by Gasteiger charge is -2.32. The third kappa shape index (κ3) is 5.58. The van der Waals surface area contributed by atoms with Crippen molar-refractivity contribution in [2.24, 2.45) is 5.92 Å². The van der Waals surface area contributed by atoms with Gasteiger partial charge < -0.3 is 14.2 Å². The molecule has 2 fully saturated rings. The molecule has 0 bridgehead atoms. The number of halogens is 1. The maximum atomic E-state index is 12.7. The molecule has 1 atom stereocenters. The SMILES string of the molecule is CC1(C)OB(c2cnc(S(=O)(=O)CCC[C@@H]3CCCN(C(=O)CCl)C3)nc2)OC1(C)C. The van der Waals surface area contributed by atoms with E-state index in [9.17, 15) is 13.2 Å². The summed E-state index contributed by atoms with van der Waals surface area (Å²) >= 11 is 5.65. The molecule has 1 aromatic rings. The number of likely N-dealkylation sites (tertiary alicyclic amines) is 1. The van der Waals surface area contributed by atoms with Crippen LogP contribution in [-0.2, 0) is 23.9 Å². The zero-order chi connectivity index (χ0) is 22.9. The minimum atomic E-state index is -3.59. The van der Waals surface area contributed by atoms with Crippen molar-refractivity contribution in [3.63, 3.8) is 0 Å². The Balaban J connectivity index is 1.55. The number of amides is 1. The molecule has 1 aromatic heterocycles. The van der Waals surface area contributed by atoms with Crippen LogP contribution in [0.3, 0.4) is 0 Å². The molecule has 0 aromatic carbocycles. The summed E-state index contributed by atoms with van der Waals surface area (Å²) in [5.74, 6) is 0.195.